The molecule has 2 aromatic carbocycles. The van der Waals surface area contributed by atoms with Crippen molar-refractivity contribution in [1.29, 1.82) is 0 Å². The molecule has 10 nitrogen and oxygen atoms in total. The van der Waals surface area contributed by atoms with Crippen molar-refractivity contribution in [3.8, 4) is 0 Å². The van der Waals surface area contributed by atoms with Crippen LogP contribution in [0.2, 0.25) is 0 Å². The molecule has 0 aliphatic rings. The van der Waals surface area contributed by atoms with Gasteiger partial charge in [0.1, 0.15) is 0 Å². The van der Waals surface area contributed by atoms with E-state index in [1.165, 1.54) is 31.2 Å². The standard InChI is InChI=1S/C8H7NO5S.C8H9NO3S/c9-15(13,14)6-3-1-5(2-4-6)7(10)8(11)12;1-6(10)7-2-4-8(5-3-7)13(9,11)12/h1-4H,(H,11,12)(H2,9,13,14);2-5H,1H3,(H2,9,11,12). The Morgan fingerprint density at radius 2 is 1.04 bits per heavy atom. The van der Waals surface area contributed by atoms with Gasteiger partial charge in [-0.15, -0.1) is 0 Å². The zero-order chi connectivity index (χ0) is 21.7. The summed E-state index contributed by atoms with van der Waals surface area (Å²) in [6.07, 6.45) is 0. The fraction of sp³-hybridized carbons (Fsp3) is 0.0625. The number of carbonyl (C=O) groups is 3. The molecule has 0 unspecified atom stereocenters. The quantitative estimate of drug-likeness (QED) is 0.442. The molecule has 0 fully saturated rings. The van der Waals surface area contributed by atoms with Gasteiger partial charge >= 0.3 is 5.97 Å². The van der Waals surface area contributed by atoms with E-state index in [9.17, 15) is 31.2 Å². The zero-order valence-electron chi connectivity index (χ0n) is 14.4. The van der Waals surface area contributed by atoms with Crippen molar-refractivity contribution in [1.82, 2.24) is 0 Å². The fourth-order valence-corrected chi connectivity index (χ4v) is 2.83. The third kappa shape index (κ3) is 6.66. The molecule has 0 saturated heterocycles. The summed E-state index contributed by atoms with van der Waals surface area (Å²) in [5, 5.41) is 18.1. The molecule has 150 valence electrons. The SMILES string of the molecule is CC(=O)c1ccc(S(N)(=O)=O)cc1.NS(=O)(=O)c1ccc(C(=O)C(=O)O)cc1. The number of primary sulfonamides is 2. The first-order chi connectivity index (χ1) is 12.7. The van der Waals surface area contributed by atoms with Crippen LogP contribution in [0.5, 0.6) is 0 Å². The third-order valence-corrected chi connectivity index (χ3v) is 5.09. The molecule has 0 amide bonds. The number of sulfonamides is 2. The molecule has 0 bridgehead atoms. The Balaban J connectivity index is 0.000000283. The minimum atomic E-state index is -3.82. The number of carbonyl (C=O) groups excluding carboxylic acids is 2. The second kappa shape index (κ2) is 8.84. The highest BCUT2D eigenvalue weighted by Crippen LogP contribution is 2.10. The maximum atomic E-state index is 10.9. The largest absolute Gasteiger partial charge is 0.475 e. The van der Waals surface area contributed by atoms with Crippen molar-refractivity contribution in [2.45, 2.75) is 16.7 Å². The van der Waals surface area contributed by atoms with Gasteiger partial charge in [-0.25, -0.2) is 31.9 Å². The first-order valence-electron chi connectivity index (χ1n) is 7.28. The topological polar surface area (TPSA) is 192 Å². The normalized spacial score (nSPS) is 11.1. The van der Waals surface area contributed by atoms with Gasteiger partial charge in [-0.1, -0.05) is 12.1 Å². The molecule has 0 saturated carbocycles. The second-order valence-corrected chi connectivity index (χ2v) is 8.45. The number of ketones is 2. The molecule has 0 aliphatic heterocycles. The molecule has 0 atom stereocenters. The van der Waals surface area contributed by atoms with Crippen LogP contribution in [0, 0.1) is 0 Å². The van der Waals surface area contributed by atoms with Crippen molar-refractivity contribution in [2.24, 2.45) is 10.3 Å². The van der Waals surface area contributed by atoms with Crippen molar-refractivity contribution >= 4 is 37.6 Å². The molecule has 0 radical (unpaired) electrons. The summed E-state index contributed by atoms with van der Waals surface area (Å²) in [5.74, 6) is -2.81. The highest BCUT2D eigenvalue weighted by atomic mass is 32.2. The predicted molar refractivity (Wildman–Crippen MR) is 97.6 cm³/mol. The molecule has 5 N–H and O–H groups in total. The number of Topliss-reactive ketones (excluding diaryl/α,β-unsaturated/α-hetero) is 2. The number of rotatable bonds is 5. The number of carboxylic acid groups (broad SMARTS) is 1. The van der Waals surface area contributed by atoms with Gasteiger partial charge in [0.25, 0.3) is 5.78 Å². The number of hydrogen-bond acceptors (Lipinski definition) is 7. The molecular formula is C16H16N2O8S2. The highest BCUT2D eigenvalue weighted by molar-refractivity contribution is 7.89. The number of aliphatic carboxylic acids is 1. The Hall–Kier alpha value is -2.93. The Morgan fingerprint density at radius 3 is 1.29 bits per heavy atom. The van der Waals surface area contributed by atoms with Crippen LogP contribution in [-0.2, 0) is 24.8 Å². The summed E-state index contributed by atoms with van der Waals surface area (Å²) in [6.45, 7) is 1.41. The number of hydrogen-bond donors (Lipinski definition) is 3. The molecule has 0 aromatic heterocycles. The van der Waals surface area contributed by atoms with Crippen LogP contribution in [0.3, 0.4) is 0 Å². The Morgan fingerprint density at radius 1 is 0.714 bits per heavy atom. The first-order valence-corrected chi connectivity index (χ1v) is 10.4. The average molecular weight is 428 g/mol. The van der Waals surface area contributed by atoms with Gasteiger partial charge in [0.05, 0.1) is 9.79 Å². The first kappa shape index (κ1) is 23.1. The Labute approximate surface area is 160 Å². The van der Waals surface area contributed by atoms with E-state index in [0.717, 1.165) is 24.3 Å². The third-order valence-electron chi connectivity index (χ3n) is 3.23. The van der Waals surface area contributed by atoms with E-state index in [4.69, 9.17) is 15.4 Å². The van der Waals surface area contributed by atoms with E-state index >= 15 is 0 Å². The van der Waals surface area contributed by atoms with Crippen molar-refractivity contribution in [3.63, 3.8) is 0 Å². The highest BCUT2D eigenvalue weighted by Gasteiger charge is 2.15. The molecule has 28 heavy (non-hydrogen) atoms. The zero-order valence-corrected chi connectivity index (χ0v) is 16.0. The summed E-state index contributed by atoms with van der Waals surface area (Å²) < 4.78 is 43.3. The molecular weight excluding hydrogens is 412 g/mol. The van der Waals surface area contributed by atoms with Gasteiger partial charge in [-0.3, -0.25) is 9.59 Å². The number of nitrogens with two attached hydrogens (primary N) is 2. The minimum Gasteiger partial charge on any atom is -0.475 e. The van der Waals surface area contributed by atoms with Crippen LogP contribution < -0.4 is 10.3 Å². The van der Waals surface area contributed by atoms with Crippen LogP contribution in [-0.4, -0.2) is 39.5 Å². The van der Waals surface area contributed by atoms with Gasteiger partial charge in [0.15, 0.2) is 5.78 Å². The number of carboxylic acids is 1. The van der Waals surface area contributed by atoms with Crippen molar-refractivity contribution in [3.05, 3.63) is 59.7 Å². The van der Waals surface area contributed by atoms with Crippen molar-refractivity contribution < 1.29 is 36.3 Å². The maximum absolute atomic E-state index is 10.9. The van der Waals surface area contributed by atoms with Crippen LogP contribution in [0.25, 0.3) is 0 Å². The summed E-state index contributed by atoms with van der Waals surface area (Å²) >= 11 is 0. The Bertz CT molecular complexity index is 1100. The molecule has 2 aromatic rings. The lowest BCUT2D eigenvalue weighted by molar-refractivity contribution is -0.131. The van der Waals surface area contributed by atoms with Gasteiger partial charge in [0, 0.05) is 11.1 Å². The monoisotopic (exact) mass is 428 g/mol. The average Bonchev–Trinajstić information content (AvgIpc) is 2.60. The van der Waals surface area contributed by atoms with Gasteiger partial charge in [-0.2, -0.15) is 0 Å². The number of benzene rings is 2. The van der Waals surface area contributed by atoms with Gasteiger partial charge in [-0.05, 0) is 43.3 Å². The molecule has 0 heterocycles. The van der Waals surface area contributed by atoms with Gasteiger partial charge in [0.2, 0.25) is 20.0 Å². The molecule has 0 aliphatic carbocycles. The summed E-state index contributed by atoms with van der Waals surface area (Å²) in [5.41, 5.74) is 0.363. The van der Waals surface area contributed by atoms with Crippen LogP contribution >= 0.6 is 0 Å². The second-order valence-electron chi connectivity index (χ2n) is 5.33. The van der Waals surface area contributed by atoms with E-state index in [-0.39, 0.29) is 21.1 Å². The van der Waals surface area contributed by atoms with E-state index < -0.39 is 31.8 Å². The van der Waals surface area contributed by atoms with E-state index in [0.29, 0.717) is 5.56 Å². The van der Waals surface area contributed by atoms with Crippen LogP contribution in [0.15, 0.2) is 58.3 Å². The smallest absolute Gasteiger partial charge is 0.377 e. The lowest BCUT2D eigenvalue weighted by atomic mass is 10.1. The van der Waals surface area contributed by atoms with Crippen molar-refractivity contribution in [2.75, 3.05) is 0 Å². The summed E-state index contributed by atoms with van der Waals surface area (Å²) in [4.78, 5) is 31.9. The maximum Gasteiger partial charge on any atom is 0.377 e. The van der Waals surface area contributed by atoms with Crippen LogP contribution in [0.1, 0.15) is 27.6 Å². The molecule has 2 rings (SSSR count). The van der Waals surface area contributed by atoms with Gasteiger partial charge < -0.3 is 5.11 Å². The minimum absolute atomic E-state index is 0.0116. The van der Waals surface area contributed by atoms with E-state index in [1.54, 1.807) is 0 Å². The summed E-state index contributed by atoms with van der Waals surface area (Å²) in [7, 11) is -7.48. The predicted octanol–water partition coefficient (Wildman–Crippen LogP) is 0.138. The lowest BCUT2D eigenvalue weighted by Crippen LogP contribution is -2.14. The summed E-state index contributed by atoms with van der Waals surface area (Å²) in [6, 6.07) is 9.83. The Kier molecular flexibility index (Phi) is 7.30. The molecule has 0 spiro atoms. The lowest BCUT2D eigenvalue weighted by Gasteiger charge is -1.98. The van der Waals surface area contributed by atoms with E-state index in [1.807, 2.05) is 0 Å². The fourth-order valence-electron chi connectivity index (χ4n) is 1.80. The van der Waals surface area contributed by atoms with Crippen LogP contribution in [0.4, 0.5) is 0 Å². The molecule has 12 heteroatoms. The van der Waals surface area contributed by atoms with E-state index in [2.05, 4.69) is 0 Å².